The van der Waals surface area contributed by atoms with E-state index >= 15 is 0 Å². The summed E-state index contributed by atoms with van der Waals surface area (Å²) in [5, 5.41) is 10.2. The van der Waals surface area contributed by atoms with Crippen LogP contribution >= 0.6 is 11.3 Å². The number of carbonyl (C=O) groups is 1. The molecule has 0 radical (unpaired) electrons. The summed E-state index contributed by atoms with van der Waals surface area (Å²) in [5.74, 6) is -0.568. The Balaban J connectivity index is 2.11. The molecule has 2 heterocycles. The number of pyridine rings is 1. The van der Waals surface area contributed by atoms with Gasteiger partial charge in [0.05, 0.1) is 19.4 Å². The molecule has 3 aromatic rings. The average Bonchev–Trinajstić information content (AvgIpc) is 3.06. The first-order valence-electron chi connectivity index (χ1n) is 7.81. The molecule has 0 bridgehead atoms. The van der Waals surface area contributed by atoms with Crippen molar-refractivity contribution in [3.63, 3.8) is 0 Å². The van der Waals surface area contributed by atoms with Gasteiger partial charge in [0.25, 0.3) is 0 Å². The summed E-state index contributed by atoms with van der Waals surface area (Å²) in [6, 6.07) is 9.63. The van der Waals surface area contributed by atoms with Crippen LogP contribution in [0.3, 0.4) is 0 Å². The topological polar surface area (TPSA) is 72.3 Å². The van der Waals surface area contributed by atoms with Crippen LogP contribution in [-0.2, 0) is 4.79 Å². The largest absolute Gasteiger partial charge is 0.496 e. The van der Waals surface area contributed by atoms with Crippen molar-refractivity contribution in [2.45, 2.75) is 19.3 Å². The number of aliphatic carboxylic acids is 1. The standard InChI is InChI=1S/C19H18N2O3S/c1-12-10-21-19(25-12)16(9-18(22)23)15-8-13(5-6-17(15)24-2)14-4-3-7-20-11-14/h3-8,10-11,16H,9H2,1-2H3,(H,22,23). The maximum Gasteiger partial charge on any atom is 0.304 e. The number of methoxy groups -OCH3 is 1. The lowest BCUT2D eigenvalue weighted by Crippen LogP contribution is -2.09. The summed E-state index contributed by atoms with van der Waals surface area (Å²) in [5.41, 5.74) is 2.75. The van der Waals surface area contributed by atoms with Gasteiger partial charge >= 0.3 is 5.97 Å². The van der Waals surface area contributed by atoms with Gasteiger partial charge in [-0.15, -0.1) is 11.3 Å². The van der Waals surface area contributed by atoms with Gasteiger partial charge < -0.3 is 9.84 Å². The van der Waals surface area contributed by atoms with Crippen molar-refractivity contribution in [3.8, 4) is 16.9 Å². The Morgan fingerprint density at radius 1 is 1.28 bits per heavy atom. The SMILES string of the molecule is COc1ccc(-c2cccnc2)cc1C(CC(=O)O)c1ncc(C)s1. The summed E-state index contributed by atoms with van der Waals surface area (Å²) in [7, 11) is 1.59. The van der Waals surface area contributed by atoms with Crippen LogP contribution in [0.15, 0.2) is 48.9 Å². The monoisotopic (exact) mass is 354 g/mol. The van der Waals surface area contributed by atoms with Gasteiger partial charge in [-0.25, -0.2) is 4.98 Å². The number of aromatic nitrogens is 2. The number of nitrogens with zero attached hydrogens (tertiary/aromatic N) is 2. The van der Waals surface area contributed by atoms with Gasteiger partial charge in [-0.2, -0.15) is 0 Å². The summed E-state index contributed by atoms with van der Waals surface area (Å²) in [4.78, 5) is 21.1. The highest BCUT2D eigenvalue weighted by atomic mass is 32.1. The van der Waals surface area contributed by atoms with E-state index in [1.54, 1.807) is 25.7 Å². The number of aryl methyl sites for hydroxylation is 1. The molecule has 3 rings (SSSR count). The van der Waals surface area contributed by atoms with Crippen LogP contribution < -0.4 is 4.74 Å². The van der Waals surface area contributed by atoms with Crippen LogP contribution in [0, 0.1) is 6.92 Å². The minimum absolute atomic E-state index is 0.0419. The number of benzene rings is 1. The fourth-order valence-corrected chi connectivity index (χ4v) is 3.65. The van der Waals surface area contributed by atoms with Crippen LogP contribution in [0.1, 0.15) is 27.8 Å². The van der Waals surface area contributed by atoms with Crippen LogP contribution in [0.25, 0.3) is 11.1 Å². The Morgan fingerprint density at radius 2 is 2.12 bits per heavy atom. The molecule has 128 valence electrons. The van der Waals surface area contributed by atoms with Gasteiger partial charge in [0.2, 0.25) is 0 Å². The molecule has 0 aliphatic carbocycles. The summed E-state index contributed by atoms with van der Waals surface area (Å²) < 4.78 is 5.50. The molecule has 1 aromatic carbocycles. The maximum absolute atomic E-state index is 11.4. The molecule has 2 aromatic heterocycles. The molecule has 5 nitrogen and oxygen atoms in total. The van der Waals surface area contributed by atoms with Crippen LogP contribution in [0.2, 0.25) is 0 Å². The number of thiazole rings is 1. The third-order valence-electron chi connectivity index (χ3n) is 3.92. The van der Waals surface area contributed by atoms with E-state index in [0.29, 0.717) is 5.75 Å². The molecule has 1 atom stereocenters. The molecule has 0 fully saturated rings. The van der Waals surface area contributed by atoms with Crippen molar-refractivity contribution >= 4 is 17.3 Å². The van der Waals surface area contributed by atoms with Gasteiger partial charge in [0.15, 0.2) is 0 Å². The molecule has 0 saturated heterocycles. The molecule has 1 unspecified atom stereocenters. The van der Waals surface area contributed by atoms with Crippen molar-refractivity contribution in [2.24, 2.45) is 0 Å². The first-order chi connectivity index (χ1) is 12.1. The lowest BCUT2D eigenvalue weighted by Gasteiger charge is -2.18. The molecule has 25 heavy (non-hydrogen) atoms. The Hall–Kier alpha value is -2.73. The Bertz CT molecular complexity index is 877. The predicted octanol–water partition coefficient (Wildman–Crippen LogP) is 4.13. The number of hydrogen-bond donors (Lipinski definition) is 1. The molecule has 0 aliphatic heterocycles. The fourth-order valence-electron chi connectivity index (χ4n) is 2.76. The van der Waals surface area contributed by atoms with E-state index in [4.69, 9.17) is 4.74 Å². The number of rotatable bonds is 6. The number of hydrogen-bond acceptors (Lipinski definition) is 5. The smallest absolute Gasteiger partial charge is 0.304 e. The number of ether oxygens (including phenoxy) is 1. The fraction of sp³-hybridized carbons (Fsp3) is 0.211. The lowest BCUT2D eigenvalue weighted by atomic mass is 9.92. The summed E-state index contributed by atoms with van der Waals surface area (Å²) in [6.45, 7) is 1.96. The van der Waals surface area contributed by atoms with Crippen molar-refractivity contribution < 1.29 is 14.6 Å². The Morgan fingerprint density at radius 3 is 2.72 bits per heavy atom. The maximum atomic E-state index is 11.4. The normalized spacial score (nSPS) is 11.9. The minimum Gasteiger partial charge on any atom is -0.496 e. The van der Waals surface area contributed by atoms with Gasteiger partial charge in [-0.1, -0.05) is 12.1 Å². The number of carboxylic acids is 1. The first-order valence-corrected chi connectivity index (χ1v) is 8.62. The summed E-state index contributed by atoms with van der Waals surface area (Å²) >= 11 is 1.51. The van der Waals surface area contributed by atoms with Gasteiger partial charge in [0, 0.05) is 34.6 Å². The second kappa shape index (κ2) is 7.44. The molecule has 6 heteroatoms. The zero-order chi connectivity index (χ0) is 17.8. The van der Waals surface area contributed by atoms with Crippen LogP contribution in [-0.4, -0.2) is 28.2 Å². The minimum atomic E-state index is -0.869. The van der Waals surface area contributed by atoms with E-state index < -0.39 is 5.97 Å². The van der Waals surface area contributed by atoms with E-state index in [9.17, 15) is 9.90 Å². The quantitative estimate of drug-likeness (QED) is 0.720. The van der Waals surface area contributed by atoms with E-state index in [1.165, 1.54) is 11.3 Å². The van der Waals surface area contributed by atoms with Crippen LogP contribution in [0.5, 0.6) is 5.75 Å². The zero-order valence-corrected chi connectivity index (χ0v) is 14.8. The van der Waals surface area contributed by atoms with E-state index in [0.717, 1.165) is 26.6 Å². The second-order valence-electron chi connectivity index (χ2n) is 5.66. The molecule has 0 aliphatic rings. The number of carboxylic acid groups (broad SMARTS) is 1. The molecule has 0 amide bonds. The van der Waals surface area contributed by atoms with Crippen LogP contribution in [0.4, 0.5) is 0 Å². The van der Waals surface area contributed by atoms with Gasteiger partial charge in [-0.3, -0.25) is 9.78 Å². The van der Waals surface area contributed by atoms with Crippen molar-refractivity contribution in [1.82, 2.24) is 9.97 Å². The van der Waals surface area contributed by atoms with Gasteiger partial charge in [-0.05, 0) is 30.7 Å². The highest BCUT2D eigenvalue weighted by molar-refractivity contribution is 7.11. The average molecular weight is 354 g/mol. The molecule has 0 spiro atoms. The third-order valence-corrected chi connectivity index (χ3v) is 4.94. The predicted molar refractivity (Wildman–Crippen MR) is 97.2 cm³/mol. The summed E-state index contributed by atoms with van der Waals surface area (Å²) in [6.07, 6.45) is 5.23. The first kappa shape index (κ1) is 17.1. The Labute approximate surface area is 150 Å². The van der Waals surface area contributed by atoms with Crippen molar-refractivity contribution in [2.75, 3.05) is 7.11 Å². The lowest BCUT2D eigenvalue weighted by molar-refractivity contribution is -0.137. The highest BCUT2D eigenvalue weighted by Crippen LogP contribution is 2.38. The Kier molecular flexibility index (Phi) is 5.09. The molecular formula is C19H18N2O3S. The second-order valence-corrected chi connectivity index (χ2v) is 6.92. The van der Waals surface area contributed by atoms with Gasteiger partial charge in [0.1, 0.15) is 10.8 Å². The molecule has 0 saturated carbocycles. The molecule has 1 N–H and O–H groups in total. The van der Waals surface area contributed by atoms with Crippen molar-refractivity contribution in [1.29, 1.82) is 0 Å². The van der Waals surface area contributed by atoms with E-state index in [1.807, 2.05) is 37.3 Å². The third kappa shape index (κ3) is 3.85. The van der Waals surface area contributed by atoms with E-state index in [2.05, 4.69) is 9.97 Å². The van der Waals surface area contributed by atoms with E-state index in [-0.39, 0.29) is 12.3 Å². The molecular weight excluding hydrogens is 336 g/mol. The zero-order valence-electron chi connectivity index (χ0n) is 14.0. The highest BCUT2D eigenvalue weighted by Gasteiger charge is 2.24. The van der Waals surface area contributed by atoms with Crippen molar-refractivity contribution in [3.05, 3.63) is 64.4 Å².